The molecule has 1 aliphatic rings. The minimum absolute atomic E-state index is 0.350. The van der Waals surface area contributed by atoms with E-state index < -0.39 is 0 Å². The lowest BCUT2D eigenvalue weighted by atomic mass is 9.94. The highest BCUT2D eigenvalue weighted by atomic mass is 16.1. The molecule has 2 atom stereocenters. The number of likely N-dealkylation sites (tertiary alicyclic amines) is 1. The Morgan fingerprint density at radius 1 is 1.42 bits per heavy atom. The fourth-order valence-corrected chi connectivity index (χ4v) is 2.73. The summed E-state index contributed by atoms with van der Waals surface area (Å²) in [4.78, 5) is 13.1. The average Bonchev–Trinajstić information content (AvgIpc) is 2.63. The van der Waals surface area contributed by atoms with Gasteiger partial charge in [-0.1, -0.05) is 25.7 Å². The summed E-state index contributed by atoms with van der Waals surface area (Å²) < 4.78 is 0. The number of allylic oxidation sites excluding steroid dienone is 3. The Bertz CT molecular complexity index is 374. The molecule has 0 spiro atoms. The molecule has 0 aromatic heterocycles. The molecule has 1 saturated heterocycles. The predicted octanol–water partition coefficient (Wildman–Crippen LogP) is 1.29. The summed E-state index contributed by atoms with van der Waals surface area (Å²) in [5, 5.41) is 6.26. The van der Waals surface area contributed by atoms with Crippen LogP contribution in [0.2, 0.25) is 0 Å². The SMILES string of the molecule is C=CC=C1/C(=C/NC)N(CC=O)C(CCNC)[C@H]1C. The van der Waals surface area contributed by atoms with Crippen LogP contribution in [0.3, 0.4) is 0 Å². The summed E-state index contributed by atoms with van der Waals surface area (Å²) in [7, 11) is 3.83. The fourth-order valence-electron chi connectivity index (χ4n) is 2.73. The fraction of sp³-hybridized carbons (Fsp3) is 0.533. The van der Waals surface area contributed by atoms with Gasteiger partial charge in [-0.15, -0.1) is 0 Å². The number of carbonyl (C=O) groups excluding carboxylic acids is 1. The van der Waals surface area contributed by atoms with E-state index in [-0.39, 0.29) is 0 Å². The minimum atomic E-state index is 0.350. The molecule has 1 fully saturated rings. The first-order valence-corrected chi connectivity index (χ1v) is 6.76. The van der Waals surface area contributed by atoms with E-state index in [9.17, 15) is 4.79 Å². The third-order valence-corrected chi connectivity index (χ3v) is 3.61. The predicted molar refractivity (Wildman–Crippen MR) is 79.7 cm³/mol. The molecule has 19 heavy (non-hydrogen) atoms. The van der Waals surface area contributed by atoms with Crippen molar-refractivity contribution >= 4 is 6.29 Å². The number of nitrogens with zero attached hydrogens (tertiary/aromatic N) is 1. The molecule has 0 amide bonds. The zero-order valence-electron chi connectivity index (χ0n) is 12.1. The van der Waals surface area contributed by atoms with E-state index in [2.05, 4.69) is 29.0 Å². The van der Waals surface area contributed by atoms with E-state index in [1.165, 1.54) is 5.57 Å². The maximum absolute atomic E-state index is 11.0. The third kappa shape index (κ3) is 3.47. The molecule has 0 aromatic carbocycles. The van der Waals surface area contributed by atoms with Gasteiger partial charge in [-0.25, -0.2) is 0 Å². The van der Waals surface area contributed by atoms with Crippen LogP contribution in [0.25, 0.3) is 0 Å². The second-order valence-electron chi connectivity index (χ2n) is 4.74. The minimum Gasteiger partial charge on any atom is -0.392 e. The Labute approximate surface area is 116 Å². The van der Waals surface area contributed by atoms with Crippen molar-refractivity contribution in [2.24, 2.45) is 5.92 Å². The molecule has 106 valence electrons. The number of aldehydes is 1. The van der Waals surface area contributed by atoms with Crippen molar-refractivity contribution < 1.29 is 4.79 Å². The normalized spacial score (nSPS) is 27.0. The average molecular weight is 263 g/mol. The van der Waals surface area contributed by atoms with Crippen molar-refractivity contribution in [3.05, 3.63) is 36.2 Å². The number of hydrogen-bond acceptors (Lipinski definition) is 4. The summed E-state index contributed by atoms with van der Waals surface area (Å²) >= 11 is 0. The lowest BCUT2D eigenvalue weighted by molar-refractivity contribution is -0.108. The van der Waals surface area contributed by atoms with Crippen molar-refractivity contribution in [1.82, 2.24) is 15.5 Å². The standard InChI is InChI=1S/C15H25N3O/c1-5-6-13-12(2)14(7-8-16-3)18(9-10-19)15(13)11-17-4/h5-6,10-12,14,16-17H,1,7-9H2,2-4H3/b13-6?,15-11-/t12-,14?/m0/s1. The Hall–Kier alpha value is -1.55. The summed E-state index contributed by atoms with van der Waals surface area (Å²) in [6, 6.07) is 0.350. The van der Waals surface area contributed by atoms with Crippen molar-refractivity contribution in [3.8, 4) is 0 Å². The first-order chi connectivity index (χ1) is 9.21. The Morgan fingerprint density at radius 2 is 2.16 bits per heavy atom. The molecule has 1 heterocycles. The van der Waals surface area contributed by atoms with Gasteiger partial charge in [-0.3, -0.25) is 0 Å². The van der Waals surface area contributed by atoms with E-state index in [1.54, 1.807) is 0 Å². The van der Waals surface area contributed by atoms with E-state index in [0.29, 0.717) is 18.5 Å². The largest absolute Gasteiger partial charge is 0.392 e. The molecule has 1 aliphatic heterocycles. The molecular weight excluding hydrogens is 238 g/mol. The third-order valence-electron chi connectivity index (χ3n) is 3.61. The Morgan fingerprint density at radius 3 is 2.68 bits per heavy atom. The zero-order valence-corrected chi connectivity index (χ0v) is 12.1. The number of hydrogen-bond donors (Lipinski definition) is 2. The van der Waals surface area contributed by atoms with E-state index >= 15 is 0 Å². The van der Waals surface area contributed by atoms with Gasteiger partial charge in [0.2, 0.25) is 0 Å². The van der Waals surface area contributed by atoms with Crippen LogP contribution in [-0.4, -0.2) is 44.4 Å². The Kier molecular flexibility index (Phi) is 6.36. The number of rotatable bonds is 7. The molecule has 4 heteroatoms. The smallest absolute Gasteiger partial charge is 0.139 e. The Balaban J connectivity index is 3.09. The molecule has 2 N–H and O–H groups in total. The van der Waals surface area contributed by atoms with Crippen LogP contribution in [-0.2, 0) is 4.79 Å². The lowest BCUT2D eigenvalue weighted by Crippen LogP contribution is -2.35. The van der Waals surface area contributed by atoms with Gasteiger partial charge in [0.1, 0.15) is 6.29 Å². The van der Waals surface area contributed by atoms with Gasteiger partial charge in [0.15, 0.2) is 0 Å². The summed E-state index contributed by atoms with van der Waals surface area (Å²) in [6.45, 7) is 7.37. The van der Waals surface area contributed by atoms with Crippen LogP contribution in [0.5, 0.6) is 0 Å². The van der Waals surface area contributed by atoms with Gasteiger partial charge in [-0.05, 0) is 25.6 Å². The summed E-state index contributed by atoms with van der Waals surface area (Å²) in [5.74, 6) is 0.394. The summed E-state index contributed by atoms with van der Waals surface area (Å²) in [6.07, 6.45) is 7.81. The van der Waals surface area contributed by atoms with E-state index in [4.69, 9.17) is 0 Å². The zero-order chi connectivity index (χ0) is 14.3. The van der Waals surface area contributed by atoms with Crippen LogP contribution in [0.4, 0.5) is 0 Å². The highest BCUT2D eigenvalue weighted by molar-refractivity contribution is 5.55. The van der Waals surface area contributed by atoms with Crippen molar-refractivity contribution in [2.45, 2.75) is 19.4 Å². The maximum Gasteiger partial charge on any atom is 0.139 e. The van der Waals surface area contributed by atoms with Crippen LogP contribution in [0.15, 0.2) is 36.2 Å². The maximum atomic E-state index is 11.0. The van der Waals surface area contributed by atoms with Crippen LogP contribution in [0.1, 0.15) is 13.3 Å². The highest BCUT2D eigenvalue weighted by Gasteiger charge is 2.37. The van der Waals surface area contributed by atoms with Crippen molar-refractivity contribution in [2.75, 3.05) is 27.2 Å². The number of carbonyl (C=O) groups is 1. The summed E-state index contributed by atoms with van der Waals surface area (Å²) in [5.41, 5.74) is 2.34. The topological polar surface area (TPSA) is 44.4 Å². The molecule has 1 rings (SSSR count). The second kappa shape index (κ2) is 7.79. The van der Waals surface area contributed by atoms with E-state index in [0.717, 1.165) is 24.9 Å². The molecule has 4 nitrogen and oxygen atoms in total. The molecular formula is C15H25N3O. The van der Waals surface area contributed by atoms with Gasteiger partial charge >= 0.3 is 0 Å². The van der Waals surface area contributed by atoms with Crippen LogP contribution < -0.4 is 10.6 Å². The molecule has 0 saturated carbocycles. The van der Waals surface area contributed by atoms with E-state index in [1.807, 2.05) is 32.4 Å². The van der Waals surface area contributed by atoms with Crippen LogP contribution >= 0.6 is 0 Å². The van der Waals surface area contributed by atoms with Gasteiger partial charge in [-0.2, -0.15) is 0 Å². The second-order valence-corrected chi connectivity index (χ2v) is 4.74. The van der Waals surface area contributed by atoms with Gasteiger partial charge in [0, 0.05) is 25.2 Å². The van der Waals surface area contributed by atoms with Crippen LogP contribution in [0, 0.1) is 5.92 Å². The van der Waals surface area contributed by atoms with Gasteiger partial charge < -0.3 is 20.3 Å². The first-order valence-electron chi connectivity index (χ1n) is 6.76. The molecule has 0 bridgehead atoms. The molecule has 0 aromatic rings. The van der Waals surface area contributed by atoms with Crippen molar-refractivity contribution in [1.29, 1.82) is 0 Å². The monoisotopic (exact) mass is 263 g/mol. The highest BCUT2D eigenvalue weighted by Crippen LogP contribution is 2.38. The molecule has 0 radical (unpaired) electrons. The molecule has 0 aliphatic carbocycles. The quantitative estimate of drug-likeness (QED) is 0.679. The first kappa shape index (κ1) is 15.5. The molecule has 1 unspecified atom stereocenters. The lowest BCUT2D eigenvalue weighted by Gasteiger charge is -2.27. The van der Waals surface area contributed by atoms with Gasteiger partial charge in [0.25, 0.3) is 0 Å². The van der Waals surface area contributed by atoms with Crippen molar-refractivity contribution in [3.63, 3.8) is 0 Å². The van der Waals surface area contributed by atoms with Gasteiger partial charge in [0.05, 0.1) is 12.2 Å². The number of nitrogens with one attached hydrogen (secondary N) is 2.